The highest BCUT2D eigenvalue weighted by atomic mass is 16.5. The van der Waals surface area contributed by atoms with Gasteiger partial charge >= 0.3 is 11.9 Å². The lowest BCUT2D eigenvalue weighted by Crippen LogP contribution is -2.26. The van der Waals surface area contributed by atoms with Crippen LogP contribution in [0.4, 0.5) is 0 Å². The molecule has 0 aliphatic rings. The first-order chi connectivity index (χ1) is 8.54. The highest BCUT2D eigenvalue weighted by Crippen LogP contribution is 2.06. The minimum Gasteiger partial charge on any atom is -0.481 e. The van der Waals surface area contributed by atoms with Crippen LogP contribution in [0.3, 0.4) is 0 Å². The van der Waals surface area contributed by atoms with E-state index in [-0.39, 0.29) is 24.1 Å². The van der Waals surface area contributed by atoms with Crippen molar-refractivity contribution in [3.8, 4) is 0 Å². The number of methoxy groups -OCH3 is 1. The fourth-order valence-electron chi connectivity index (χ4n) is 1.29. The Balaban J connectivity index is 2.68. The number of rotatable bonds is 5. The van der Waals surface area contributed by atoms with Gasteiger partial charge in [-0.05, 0) is 18.2 Å². The zero-order chi connectivity index (χ0) is 13.5. The number of ether oxygens (including phenoxy) is 1. The molecule has 0 saturated heterocycles. The van der Waals surface area contributed by atoms with Crippen molar-refractivity contribution in [2.75, 3.05) is 13.7 Å². The summed E-state index contributed by atoms with van der Waals surface area (Å²) in [6.07, 6.45) is -0.150. The molecule has 0 saturated carbocycles. The first-order valence-corrected chi connectivity index (χ1v) is 5.23. The van der Waals surface area contributed by atoms with E-state index >= 15 is 0 Å². The van der Waals surface area contributed by atoms with Crippen LogP contribution in [0, 0.1) is 0 Å². The molecule has 0 fully saturated rings. The summed E-state index contributed by atoms with van der Waals surface area (Å²) in [6.45, 7) is 0.0383. The van der Waals surface area contributed by atoms with E-state index in [0.29, 0.717) is 0 Å². The lowest BCUT2D eigenvalue weighted by atomic mass is 10.1. The van der Waals surface area contributed by atoms with Crippen molar-refractivity contribution in [1.82, 2.24) is 5.32 Å². The summed E-state index contributed by atoms with van der Waals surface area (Å²) in [5.74, 6) is -1.95. The second-order valence-electron chi connectivity index (χ2n) is 3.47. The molecule has 0 bridgehead atoms. The molecule has 96 valence electrons. The summed E-state index contributed by atoms with van der Waals surface area (Å²) in [5.41, 5.74) is 0.548. The molecule has 0 radical (unpaired) electrons. The highest BCUT2D eigenvalue weighted by Gasteiger charge is 2.10. The first kappa shape index (κ1) is 13.7. The maximum absolute atomic E-state index is 11.6. The van der Waals surface area contributed by atoms with E-state index in [1.807, 2.05) is 0 Å². The van der Waals surface area contributed by atoms with Crippen LogP contribution in [-0.4, -0.2) is 36.6 Å². The summed E-state index contributed by atoms with van der Waals surface area (Å²) >= 11 is 0. The number of hydrogen-bond acceptors (Lipinski definition) is 4. The molecular weight excluding hydrogens is 238 g/mol. The Bertz CT molecular complexity index is 469. The number of amides is 1. The molecule has 0 aliphatic carbocycles. The van der Waals surface area contributed by atoms with Crippen LogP contribution in [0.15, 0.2) is 24.3 Å². The first-order valence-electron chi connectivity index (χ1n) is 5.23. The molecule has 6 heteroatoms. The average Bonchev–Trinajstić information content (AvgIpc) is 2.37. The number of carboxylic acids is 1. The number of carboxylic acid groups (broad SMARTS) is 1. The second-order valence-corrected chi connectivity index (χ2v) is 3.47. The average molecular weight is 251 g/mol. The molecule has 2 N–H and O–H groups in total. The van der Waals surface area contributed by atoms with Crippen LogP contribution in [0.25, 0.3) is 0 Å². The van der Waals surface area contributed by atoms with E-state index in [9.17, 15) is 14.4 Å². The Hall–Kier alpha value is -2.37. The molecule has 1 aromatic carbocycles. The van der Waals surface area contributed by atoms with Gasteiger partial charge < -0.3 is 15.2 Å². The van der Waals surface area contributed by atoms with Gasteiger partial charge in [0.25, 0.3) is 5.91 Å². The Labute approximate surface area is 104 Å². The highest BCUT2D eigenvalue weighted by molar-refractivity contribution is 5.97. The van der Waals surface area contributed by atoms with Gasteiger partial charge in [-0.25, -0.2) is 4.79 Å². The predicted molar refractivity (Wildman–Crippen MR) is 62.4 cm³/mol. The van der Waals surface area contributed by atoms with Crippen molar-refractivity contribution in [3.63, 3.8) is 0 Å². The van der Waals surface area contributed by atoms with Gasteiger partial charge in [-0.3, -0.25) is 9.59 Å². The summed E-state index contributed by atoms with van der Waals surface area (Å²) in [6, 6.07) is 6.00. The third-order valence-electron chi connectivity index (χ3n) is 2.17. The zero-order valence-corrected chi connectivity index (χ0v) is 9.80. The number of benzene rings is 1. The van der Waals surface area contributed by atoms with E-state index in [4.69, 9.17) is 5.11 Å². The van der Waals surface area contributed by atoms with Gasteiger partial charge in [0.15, 0.2) is 0 Å². The normalized spacial score (nSPS) is 9.61. The summed E-state index contributed by atoms with van der Waals surface area (Å²) in [5, 5.41) is 10.9. The van der Waals surface area contributed by atoms with Crippen molar-refractivity contribution in [3.05, 3.63) is 35.4 Å². The van der Waals surface area contributed by atoms with E-state index in [2.05, 4.69) is 10.1 Å². The molecular formula is C12H13NO5. The number of carbonyl (C=O) groups excluding carboxylic acids is 2. The lowest BCUT2D eigenvalue weighted by molar-refractivity contribution is -0.136. The summed E-state index contributed by atoms with van der Waals surface area (Å²) in [7, 11) is 1.25. The van der Waals surface area contributed by atoms with E-state index < -0.39 is 17.8 Å². The monoisotopic (exact) mass is 251 g/mol. The molecule has 18 heavy (non-hydrogen) atoms. The van der Waals surface area contributed by atoms with Crippen LogP contribution in [0.2, 0.25) is 0 Å². The van der Waals surface area contributed by atoms with Crippen molar-refractivity contribution in [1.29, 1.82) is 0 Å². The third-order valence-corrected chi connectivity index (χ3v) is 2.17. The standard InChI is InChI=1S/C12H13NO5/c1-18-12(17)9-4-2-3-8(7-9)11(16)13-6-5-10(14)15/h2-4,7H,5-6H2,1H3,(H,13,16)(H,14,15). The maximum Gasteiger partial charge on any atom is 0.337 e. The number of carbonyl (C=O) groups is 3. The Morgan fingerprint density at radius 1 is 1.28 bits per heavy atom. The van der Waals surface area contributed by atoms with Gasteiger partial charge in [0.2, 0.25) is 0 Å². The number of hydrogen-bond donors (Lipinski definition) is 2. The fourth-order valence-corrected chi connectivity index (χ4v) is 1.29. The largest absolute Gasteiger partial charge is 0.481 e. The SMILES string of the molecule is COC(=O)c1cccc(C(=O)NCCC(=O)O)c1. The minimum absolute atomic E-state index is 0.0383. The molecule has 1 aromatic rings. The Morgan fingerprint density at radius 3 is 2.56 bits per heavy atom. The molecule has 0 atom stereocenters. The van der Waals surface area contributed by atoms with Gasteiger partial charge in [-0.1, -0.05) is 6.07 Å². The predicted octanol–water partition coefficient (Wildman–Crippen LogP) is 0.678. The lowest BCUT2D eigenvalue weighted by Gasteiger charge is -2.05. The van der Waals surface area contributed by atoms with Gasteiger partial charge in [-0.15, -0.1) is 0 Å². The number of esters is 1. The molecule has 6 nitrogen and oxygen atoms in total. The van der Waals surface area contributed by atoms with Gasteiger partial charge in [0.05, 0.1) is 19.1 Å². The number of aliphatic carboxylic acids is 1. The molecule has 1 rings (SSSR count). The topological polar surface area (TPSA) is 92.7 Å². The molecule has 0 heterocycles. The maximum atomic E-state index is 11.6. The van der Waals surface area contributed by atoms with Crippen LogP contribution >= 0.6 is 0 Å². The van der Waals surface area contributed by atoms with Crippen LogP contribution < -0.4 is 5.32 Å². The molecule has 0 spiro atoms. The zero-order valence-electron chi connectivity index (χ0n) is 9.80. The molecule has 0 unspecified atom stereocenters. The fraction of sp³-hybridized carbons (Fsp3) is 0.250. The summed E-state index contributed by atoms with van der Waals surface area (Å²) < 4.78 is 4.54. The Kier molecular flexibility index (Phi) is 4.86. The van der Waals surface area contributed by atoms with Gasteiger partial charge in [-0.2, -0.15) is 0 Å². The molecule has 1 amide bonds. The summed E-state index contributed by atoms with van der Waals surface area (Å²) in [4.78, 5) is 33.2. The molecule has 0 aromatic heterocycles. The third kappa shape index (κ3) is 3.89. The second kappa shape index (κ2) is 6.39. The Morgan fingerprint density at radius 2 is 1.94 bits per heavy atom. The van der Waals surface area contributed by atoms with Crippen molar-refractivity contribution in [2.24, 2.45) is 0 Å². The van der Waals surface area contributed by atoms with Gasteiger partial charge in [0, 0.05) is 12.1 Å². The van der Waals surface area contributed by atoms with Crippen LogP contribution in [-0.2, 0) is 9.53 Å². The van der Waals surface area contributed by atoms with Crippen molar-refractivity contribution < 1.29 is 24.2 Å². The van der Waals surface area contributed by atoms with E-state index in [1.165, 1.54) is 25.3 Å². The molecule has 0 aliphatic heterocycles. The van der Waals surface area contributed by atoms with Crippen molar-refractivity contribution >= 4 is 17.8 Å². The van der Waals surface area contributed by atoms with Gasteiger partial charge in [0.1, 0.15) is 0 Å². The van der Waals surface area contributed by atoms with Crippen LogP contribution in [0.5, 0.6) is 0 Å². The number of nitrogens with one attached hydrogen (secondary N) is 1. The van der Waals surface area contributed by atoms with Crippen LogP contribution in [0.1, 0.15) is 27.1 Å². The minimum atomic E-state index is -0.987. The quantitative estimate of drug-likeness (QED) is 0.750. The van der Waals surface area contributed by atoms with E-state index in [1.54, 1.807) is 6.07 Å². The van der Waals surface area contributed by atoms with Crippen molar-refractivity contribution in [2.45, 2.75) is 6.42 Å². The van der Waals surface area contributed by atoms with E-state index in [0.717, 1.165) is 0 Å². The smallest absolute Gasteiger partial charge is 0.337 e.